The lowest BCUT2D eigenvalue weighted by Gasteiger charge is -2.21. The van der Waals surface area contributed by atoms with E-state index in [0.717, 1.165) is 22.1 Å². The molecule has 0 N–H and O–H groups in total. The normalized spacial score (nSPS) is 13.3. The molecule has 0 aliphatic heterocycles. The van der Waals surface area contributed by atoms with Crippen LogP contribution in [0.5, 0.6) is 0 Å². The first-order valence-corrected chi connectivity index (χ1v) is 16.9. The summed E-state index contributed by atoms with van der Waals surface area (Å²) in [5.74, 6) is 2.02. The van der Waals surface area contributed by atoms with Gasteiger partial charge in [-0.2, -0.15) is 0 Å². The van der Waals surface area contributed by atoms with Gasteiger partial charge in [0, 0.05) is 22.1 Å². The second kappa shape index (κ2) is 10.4. The minimum absolute atomic E-state index is 0.112. The Morgan fingerprint density at radius 1 is 0.367 bits per heavy atom. The van der Waals surface area contributed by atoms with E-state index < -0.39 is 0 Å². The average molecular weight is 626 g/mol. The smallest absolute Gasteiger partial charge is 0.164 e. The number of hydrogen-bond donors (Lipinski definition) is 0. The van der Waals surface area contributed by atoms with Crippen LogP contribution in [0.1, 0.15) is 25.0 Å². The van der Waals surface area contributed by atoms with Gasteiger partial charge >= 0.3 is 0 Å². The molecule has 49 heavy (non-hydrogen) atoms. The number of fused-ring (bicyclic) bond motifs is 10. The largest absolute Gasteiger partial charge is 0.208 e. The fourth-order valence-electron chi connectivity index (χ4n) is 8.07. The van der Waals surface area contributed by atoms with Crippen LogP contribution in [0, 0.1) is 0 Å². The van der Waals surface area contributed by atoms with Crippen molar-refractivity contribution >= 4 is 43.1 Å². The van der Waals surface area contributed by atoms with Crippen molar-refractivity contribution in [3.05, 3.63) is 163 Å². The highest BCUT2D eigenvalue weighted by atomic mass is 15.0. The Hall–Kier alpha value is -6.19. The van der Waals surface area contributed by atoms with E-state index in [2.05, 4.69) is 147 Å². The summed E-state index contributed by atoms with van der Waals surface area (Å²) in [6, 6.07) is 54.3. The zero-order valence-corrected chi connectivity index (χ0v) is 27.3. The summed E-state index contributed by atoms with van der Waals surface area (Å²) in [6.45, 7) is 4.61. The first kappa shape index (κ1) is 27.9. The molecule has 230 valence electrons. The molecule has 8 aromatic carbocycles. The first-order chi connectivity index (χ1) is 24.0. The molecular weight excluding hydrogens is 595 g/mol. The van der Waals surface area contributed by atoms with Gasteiger partial charge in [0.05, 0.1) is 0 Å². The summed E-state index contributed by atoms with van der Waals surface area (Å²) in [7, 11) is 0. The molecule has 0 amide bonds. The van der Waals surface area contributed by atoms with Crippen molar-refractivity contribution in [3.63, 3.8) is 0 Å². The minimum Gasteiger partial charge on any atom is -0.208 e. The van der Waals surface area contributed by atoms with E-state index in [1.807, 2.05) is 18.2 Å². The zero-order valence-electron chi connectivity index (χ0n) is 27.3. The third kappa shape index (κ3) is 4.19. The van der Waals surface area contributed by atoms with Crippen LogP contribution in [0.2, 0.25) is 0 Å². The van der Waals surface area contributed by atoms with E-state index >= 15 is 0 Å². The highest BCUT2D eigenvalue weighted by Gasteiger charge is 2.37. The molecule has 0 unspecified atom stereocenters. The van der Waals surface area contributed by atoms with Gasteiger partial charge < -0.3 is 0 Å². The van der Waals surface area contributed by atoms with Gasteiger partial charge in [-0.25, -0.2) is 15.0 Å². The molecule has 3 heteroatoms. The van der Waals surface area contributed by atoms with Crippen LogP contribution in [0.15, 0.2) is 152 Å². The molecule has 10 rings (SSSR count). The van der Waals surface area contributed by atoms with Gasteiger partial charge in [-0.3, -0.25) is 0 Å². The van der Waals surface area contributed by atoms with Gasteiger partial charge in [-0.15, -0.1) is 0 Å². The van der Waals surface area contributed by atoms with Crippen molar-refractivity contribution in [2.75, 3.05) is 0 Å². The highest BCUT2D eigenvalue weighted by Crippen LogP contribution is 2.51. The van der Waals surface area contributed by atoms with E-state index in [4.69, 9.17) is 15.0 Å². The summed E-state index contributed by atoms with van der Waals surface area (Å²) in [6.07, 6.45) is 0. The van der Waals surface area contributed by atoms with Crippen LogP contribution < -0.4 is 0 Å². The molecule has 1 aliphatic rings. The number of benzene rings is 8. The number of rotatable bonds is 3. The number of aromatic nitrogens is 3. The van der Waals surface area contributed by atoms with Crippen molar-refractivity contribution in [3.8, 4) is 45.3 Å². The van der Waals surface area contributed by atoms with Crippen LogP contribution in [0.3, 0.4) is 0 Å². The average Bonchev–Trinajstić information content (AvgIpc) is 3.40. The van der Waals surface area contributed by atoms with Crippen LogP contribution in [-0.2, 0) is 5.41 Å². The summed E-state index contributed by atoms with van der Waals surface area (Å²) < 4.78 is 0. The second-order valence-corrected chi connectivity index (χ2v) is 13.6. The molecule has 0 spiro atoms. The van der Waals surface area contributed by atoms with Gasteiger partial charge in [0.15, 0.2) is 17.5 Å². The van der Waals surface area contributed by atoms with Crippen LogP contribution >= 0.6 is 0 Å². The molecule has 0 atom stereocenters. The zero-order chi connectivity index (χ0) is 32.7. The maximum atomic E-state index is 5.21. The van der Waals surface area contributed by atoms with Crippen molar-refractivity contribution in [2.24, 2.45) is 0 Å². The predicted octanol–water partition coefficient (Wildman–Crippen LogP) is 11.8. The van der Waals surface area contributed by atoms with E-state index in [-0.39, 0.29) is 5.41 Å². The molecular formula is C46H31N3. The maximum Gasteiger partial charge on any atom is 0.164 e. The van der Waals surface area contributed by atoms with Gasteiger partial charge in [0.2, 0.25) is 0 Å². The van der Waals surface area contributed by atoms with Crippen LogP contribution in [0.4, 0.5) is 0 Å². The lowest BCUT2D eigenvalue weighted by Crippen LogP contribution is -2.14. The maximum absolute atomic E-state index is 5.21. The molecule has 1 aliphatic carbocycles. The standard InChI is InChI=1S/C46H31N3/c1-46(2)40-17-9-8-15-38(40)42-39(16-10-18-41(42)46)45-48-43(29-12-4-3-5-13-29)47-44(49-45)31-21-22-33-30(27-31)20-24-37-35(33)26-25-34-32-14-7-6-11-28(32)19-23-36(34)37/h3-27H,1-2H3. The Balaban J connectivity index is 1.17. The third-order valence-corrected chi connectivity index (χ3v) is 10.5. The van der Waals surface area contributed by atoms with Crippen molar-refractivity contribution in [1.82, 2.24) is 15.0 Å². The highest BCUT2D eigenvalue weighted by molar-refractivity contribution is 6.22. The lowest BCUT2D eigenvalue weighted by molar-refractivity contribution is 0.660. The van der Waals surface area contributed by atoms with Gasteiger partial charge in [0.1, 0.15) is 0 Å². The van der Waals surface area contributed by atoms with E-state index in [9.17, 15) is 0 Å². The fraction of sp³-hybridized carbons (Fsp3) is 0.0652. The summed E-state index contributed by atoms with van der Waals surface area (Å²) in [5.41, 5.74) is 7.94. The SMILES string of the molecule is CC1(C)c2ccccc2-c2c(-c3nc(-c4ccccc4)nc(-c4ccc5c(ccc6c5ccc5c7ccccc7ccc56)c4)n3)cccc21. The fourth-order valence-corrected chi connectivity index (χ4v) is 8.07. The first-order valence-electron chi connectivity index (χ1n) is 16.9. The van der Waals surface area contributed by atoms with Gasteiger partial charge in [-0.1, -0.05) is 159 Å². The molecule has 0 fully saturated rings. The Kier molecular flexibility index (Phi) is 5.92. The summed E-state index contributed by atoms with van der Waals surface area (Å²) >= 11 is 0. The summed E-state index contributed by atoms with van der Waals surface area (Å²) in [5, 5.41) is 9.99. The van der Waals surface area contributed by atoms with Crippen molar-refractivity contribution < 1.29 is 0 Å². The Morgan fingerprint density at radius 3 is 1.73 bits per heavy atom. The molecule has 0 saturated carbocycles. The molecule has 3 nitrogen and oxygen atoms in total. The Labute approximate surface area is 284 Å². The molecule has 1 aromatic heterocycles. The minimum atomic E-state index is -0.112. The number of nitrogens with zero attached hydrogens (tertiary/aromatic N) is 3. The monoisotopic (exact) mass is 625 g/mol. The van der Waals surface area contributed by atoms with Crippen molar-refractivity contribution in [2.45, 2.75) is 19.3 Å². The number of hydrogen-bond acceptors (Lipinski definition) is 3. The molecule has 9 aromatic rings. The van der Waals surface area contributed by atoms with E-state index in [1.54, 1.807) is 0 Å². The quantitative estimate of drug-likeness (QED) is 0.183. The second-order valence-electron chi connectivity index (χ2n) is 13.6. The van der Waals surface area contributed by atoms with Gasteiger partial charge in [-0.05, 0) is 71.4 Å². The van der Waals surface area contributed by atoms with Crippen LogP contribution in [-0.4, -0.2) is 15.0 Å². The molecule has 0 radical (unpaired) electrons. The Bertz CT molecular complexity index is 2800. The van der Waals surface area contributed by atoms with E-state index in [1.165, 1.54) is 60.0 Å². The van der Waals surface area contributed by atoms with Crippen LogP contribution in [0.25, 0.3) is 88.4 Å². The predicted molar refractivity (Wildman–Crippen MR) is 204 cm³/mol. The Morgan fingerprint density at radius 2 is 0.918 bits per heavy atom. The molecule has 0 bridgehead atoms. The molecule has 0 saturated heterocycles. The third-order valence-electron chi connectivity index (χ3n) is 10.5. The molecule has 1 heterocycles. The van der Waals surface area contributed by atoms with Crippen molar-refractivity contribution in [1.29, 1.82) is 0 Å². The van der Waals surface area contributed by atoms with E-state index in [0.29, 0.717) is 17.5 Å². The summed E-state index contributed by atoms with van der Waals surface area (Å²) in [4.78, 5) is 15.4. The lowest BCUT2D eigenvalue weighted by atomic mass is 9.82. The topological polar surface area (TPSA) is 38.7 Å². The van der Waals surface area contributed by atoms with Gasteiger partial charge in [0.25, 0.3) is 0 Å².